The number of anilines is 1. The number of rotatable bonds is 3. The molecule has 108 valence electrons. The number of hydrogen-bond acceptors (Lipinski definition) is 4. The Kier molecular flexibility index (Phi) is 4.57. The molecule has 0 radical (unpaired) electrons. The molecule has 0 saturated carbocycles. The molecule has 0 aliphatic carbocycles. The largest absolute Gasteiger partial charge is 0.390 e. The number of aromatic nitrogens is 1. The molecule has 3 amide bonds. The van der Waals surface area contributed by atoms with E-state index in [1.165, 1.54) is 42.6 Å². The second-order valence-corrected chi connectivity index (χ2v) is 4.11. The van der Waals surface area contributed by atoms with Crippen LogP contribution in [0.3, 0.4) is 0 Å². The summed E-state index contributed by atoms with van der Waals surface area (Å²) in [5.74, 6) is -1.06. The molecule has 2 rings (SSSR count). The molecule has 0 aliphatic rings. The van der Waals surface area contributed by atoms with E-state index in [-0.39, 0.29) is 12.2 Å². The summed E-state index contributed by atoms with van der Waals surface area (Å²) in [7, 11) is 0. The summed E-state index contributed by atoms with van der Waals surface area (Å²) >= 11 is 0. The number of urea groups is 1. The number of aliphatic hydroxyl groups is 1. The zero-order chi connectivity index (χ0) is 15.2. The molecule has 6 nitrogen and oxygen atoms in total. The molecule has 21 heavy (non-hydrogen) atoms. The van der Waals surface area contributed by atoms with E-state index in [4.69, 9.17) is 5.11 Å². The molecule has 0 bridgehead atoms. The second-order valence-electron chi connectivity index (χ2n) is 4.11. The minimum atomic E-state index is -0.738. The number of pyridine rings is 1. The Balaban J connectivity index is 1.95. The van der Waals surface area contributed by atoms with Crippen LogP contribution in [-0.4, -0.2) is 22.0 Å². The highest BCUT2D eigenvalue weighted by atomic mass is 19.1. The van der Waals surface area contributed by atoms with Gasteiger partial charge >= 0.3 is 6.03 Å². The number of hydrogen-bond donors (Lipinski definition) is 3. The van der Waals surface area contributed by atoms with Gasteiger partial charge in [0.1, 0.15) is 5.82 Å². The van der Waals surface area contributed by atoms with Crippen LogP contribution in [0, 0.1) is 5.82 Å². The van der Waals surface area contributed by atoms with E-state index in [9.17, 15) is 14.0 Å². The lowest BCUT2D eigenvalue weighted by atomic mass is 10.2. The highest BCUT2D eigenvalue weighted by molar-refractivity contribution is 6.07. The minimum Gasteiger partial charge on any atom is -0.390 e. The standard InChI is InChI=1S/C14H12FN3O3/c15-10-2-5-11(6-3-10)17-14(21)18-13(20)9-1-4-12(8-19)16-7-9/h1-7,19H,8H2,(H2,17,18,20,21). The second kappa shape index (κ2) is 6.58. The summed E-state index contributed by atoms with van der Waals surface area (Å²) in [6.45, 7) is -0.229. The first-order valence-electron chi connectivity index (χ1n) is 6.02. The Bertz CT molecular complexity index is 642. The van der Waals surface area contributed by atoms with Gasteiger partial charge in [-0.3, -0.25) is 15.1 Å². The van der Waals surface area contributed by atoms with Gasteiger partial charge in [-0.1, -0.05) is 0 Å². The fourth-order valence-electron chi connectivity index (χ4n) is 1.52. The molecule has 3 N–H and O–H groups in total. The maximum atomic E-state index is 12.7. The molecule has 1 heterocycles. The van der Waals surface area contributed by atoms with Crippen molar-refractivity contribution in [3.8, 4) is 0 Å². The summed E-state index contributed by atoms with van der Waals surface area (Å²) in [5.41, 5.74) is 0.958. The van der Waals surface area contributed by atoms with Gasteiger partial charge in [0.05, 0.1) is 17.9 Å². The molecule has 1 aromatic carbocycles. The number of nitrogens with one attached hydrogen (secondary N) is 2. The third kappa shape index (κ3) is 4.08. The maximum Gasteiger partial charge on any atom is 0.326 e. The van der Waals surface area contributed by atoms with Crippen LogP contribution >= 0.6 is 0 Å². The predicted molar refractivity (Wildman–Crippen MR) is 73.0 cm³/mol. The van der Waals surface area contributed by atoms with Crippen molar-refractivity contribution < 1.29 is 19.1 Å². The molecule has 0 atom stereocenters. The van der Waals surface area contributed by atoms with Gasteiger partial charge in [-0.2, -0.15) is 0 Å². The number of imide groups is 1. The van der Waals surface area contributed by atoms with E-state index in [1.54, 1.807) is 0 Å². The van der Waals surface area contributed by atoms with Gasteiger partial charge in [0.2, 0.25) is 0 Å². The van der Waals surface area contributed by atoms with E-state index in [2.05, 4.69) is 15.6 Å². The highest BCUT2D eigenvalue weighted by Gasteiger charge is 2.10. The number of halogens is 1. The normalized spacial score (nSPS) is 10.0. The Labute approximate surface area is 119 Å². The fraction of sp³-hybridized carbons (Fsp3) is 0.0714. The van der Waals surface area contributed by atoms with Gasteiger partial charge in [-0.15, -0.1) is 0 Å². The average Bonchev–Trinajstić information content (AvgIpc) is 2.49. The van der Waals surface area contributed by atoms with E-state index in [1.807, 2.05) is 0 Å². The quantitative estimate of drug-likeness (QED) is 0.801. The van der Waals surface area contributed by atoms with Crippen molar-refractivity contribution in [3.05, 3.63) is 59.7 Å². The van der Waals surface area contributed by atoms with Crippen molar-refractivity contribution in [1.29, 1.82) is 0 Å². The molecule has 1 aromatic heterocycles. The van der Waals surface area contributed by atoms with Gasteiger partial charge in [0.15, 0.2) is 0 Å². The smallest absolute Gasteiger partial charge is 0.326 e. The van der Waals surface area contributed by atoms with Crippen LogP contribution in [0.1, 0.15) is 16.1 Å². The first kappa shape index (κ1) is 14.6. The van der Waals surface area contributed by atoms with Crippen LogP contribution in [0.15, 0.2) is 42.6 Å². The zero-order valence-corrected chi connectivity index (χ0v) is 10.8. The van der Waals surface area contributed by atoms with Crippen molar-refractivity contribution in [2.24, 2.45) is 0 Å². The zero-order valence-electron chi connectivity index (χ0n) is 10.8. The van der Waals surface area contributed by atoms with Gasteiger partial charge < -0.3 is 10.4 Å². The van der Waals surface area contributed by atoms with E-state index >= 15 is 0 Å². The Hall–Kier alpha value is -2.80. The third-order valence-corrected chi connectivity index (χ3v) is 2.58. The van der Waals surface area contributed by atoms with E-state index < -0.39 is 17.8 Å². The lowest BCUT2D eigenvalue weighted by Gasteiger charge is -2.06. The van der Waals surface area contributed by atoms with Gasteiger partial charge in [0, 0.05) is 11.9 Å². The van der Waals surface area contributed by atoms with Crippen LogP contribution in [0.2, 0.25) is 0 Å². The predicted octanol–water partition coefficient (Wildman–Crippen LogP) is 1.67. The van der Waals surface area contributed by atoms with Gasteiger partial charge in [0.25, 0.3) is 5.91 Å². The molecule has 0 saturated heterocycles. The number of carbonyl (C=O) groups is 2. The number of aliphatic hydroxyl groups excluding tert-OH is 1. The van der Waals surface area contributed by atoms with Crippen molar-refractivity contribution in [1.82, 2.24) is 10.3 Å². The van der Waals surface area contributed by atoms with E-state index in [0.717, 1.165) is 0 Å². The number of benzene rings is 1. The van der Waals surface area contributed by atoms with Crippen molar-refractivity contribution in [2.75, 3.05) is 5.32 Å². The molecule has 7 heteroatoms. The first-order chi connectivity index (χ1) is 10.1. The summed E-state index contributed by atoms with van der Waals surface area (Å²) in [4.78, 5) is 27.2. The van der Waals surface area contributed by atoms with Crippen molar-refractivity contribution in [3.63, 3.8) is 0 Å². The minimum absolute atomic E-state index is 0.182. The summed E-state index contributed by atoms with van der Waals surface area (Å²) in [6.07, 6.45) is 1.26. The average molecular weight is 289 g/mol. The SMILES string of the molecule is O=C(NC(=O)c1ccc(CO)nc1)Nc1ccc(F)cc1. The summed E-state index contributed by atoms with van der Waals surface area (Å²) < 4.78 is 12.7. The molecule has 0 unspecified atom stereocenters. The molecular formula is C14H12FN3O3. The molecular weight excluding hydrogens is 277 g/mol. The van der Waals surface area contributed by atoms with Crippen molar-refractivity contribution >= 4 is 17.6 Å². The van der Waals surface area contributed by atoms with Gasteiger partial charge in [-0.05, 0) is 36.4 Å². The molecule has 0 spiro atoms. The Morgan fingerprint density at radius 1 is 1.14 bits per heavy atom. The first-order valence-corrected chi connectivity index (χ1v) is 6.02. The number of nitrogens with zero attached hydrogens (tertiary/aromatic N) is 1. The molecule has 2 aromatic rings. The molecule has 0 aliphatic heterocycles. The van der Waals surface area contributed by atoms with Crippen LogP contribution < -0.4 is 10.6 Å². The van der Waals surface area contributed by atoms with Crippen LogP contribution in [-0.2, 0) is 6.61 Å². The fourth-order valence-corrected chi connectivity index (χ4v) is 1.52. The van der Waals surface area contributed by atoms with Crippen LogP contribution in [0.4, 0.5) is 14.9 Å². The number of amides is 3. The summed E-state index contributed by atoms with van der Waals surface area (Å²) in [6, 6.07) is 7.31. The third-order valence-electron chi connectivity index (χ3n) is 2.58. The lowest BCUT2D eigenvalue weighted by molar-refractivity contribution is 0.0966. The lowest BCUT2D eigenvalue weighted by Crippen LogP contribution is -2.34. The maximum absolute atomic E-state index is 12.7. The summed E-state index contributed by atoms with van der Waals surface area (Å²) in [5, 5.41) is 13.3. The number of carbonyl (C=O) groups excluding carboxylic acids is 2. The molecule has 0 fully saturated rings. The van der Waals surface area contributed by atoms with Gasteiger partial charge in [-0.25, -0.2) is 9.18 Å². The topological polar surface area (TPSA) is 91.3 Å². The monoisotopic (exact) mass is 289 g/mol. The Morgan fingerprint density at radius 3 is 2.43 bits per heavy atom. The van der Waals surface area contributed by atoms with Crippen LogP contribution in [0.25, 0.3) is 0 Å². The highest BCUT2D eigenvalue weighted by Crippen LogP contribution is 2.08. The van der Waals surface area contributed by atoms with E-state index in [0.29, 0.717) is 11.4 Å². The van der Waals surface area contributed by atoms with Crippen LogP contribution in [0.5, 0.6) is 0 Å². The van der Waals surface area contributed by atoms with Crippen molar-refractivity contribution in [2.45, 2.75) is 6.61 Å². The Morgan fingerprint density at radius 2 is 1.86 bits per heavy atom.